The van der Waals surface area contributed by atoms with Gasteiger partial charge in [0.25, 0.3) is 11.8 Å². The Balaban J connectivity index is 1.65. The van der Waals surface area contributed by atoms with Gasteiger partial charge in [-0.3, -0.25) is 14.4 Å². The molecule has 4 rings (SSSR count). The van der Waals surface area contributed by atoms with Crippen molar-refractivity contribution in [1.29, 1.82) is 0 Å². The van der Waals surface area contributed by atoms with Crippen molar-refractivity contribution < 1.29 is 18.4 Å². The number of benzene rings is 2. The molecule has 2 N–H and O–H groups in total. The highest BCUT2D eigenvalue weighted by Gasteiger charge is 2.18. The number of hydrogen-bond acceptors (Lipinski definition) is 5. The van der Waals surface area contributed by atoms with Gasteiger partial charge in [0.05, 0.1) is 5.39 Å². The molecular formula is C20H14N2O5. The number of fused-ring (bicyclic) bond motifs is 2. The van der Waals surface area contributed by atoms with E-state index in [-0.39, 0.29) is 28.3 Å². The van der Waals surface area contributed by atoms with Gasteiger partial charge in [-0.25, -0.2) is 0 Å². The molecule has 2 amide bonds. The highest BCUT2D eigenvalue weighted by molar-refractivity contribution is 6.05. The van der Waals surface area contributed by atoms with Crippen LogP contribution in [0.3, 0.4) is 0 Å². The maximum atomic E-state index is 12.5. The topological polar surface area (TPSA) is 102 Å². The SMILES string of the molecule is CNC(=O)c1ccc(NC(=O)c2cc3c(=O)c4ccccc4oc3o2)cc1. The normalized spacial score (nSPS) is 10.9. The first-order valence-corrected chi connectivity index (χ1v) is 8.15. The Morgan fingerprint density at radius 1 is 0.889 bits per heavy atom. The number of amides is 2. The Morgan fingerprint density at radius 3 is 2.37 bits per heavy atom. The number of carbonyl (C=O) groups is 2. The van der Waals surface area contributed by atoms with Crippen LogP contribution in [0.25, 0.3) is 22.1 Å². The Labute approximate surface area is 152 Å². The molecule has 2 aromatic heterocycles. The molecule has 0 aliphatic rings. The molecule has 27 heavy (non-hydrogen) atoms. The van der Waals surface area contributed by atoms with Gasteiger partial charge < -0.3 is 19.5 Å². The lowest BCUT2D eigenvalue weighted by molar-refractivity contribution is 0.0962. The van der Waals surface area contributed by atoms with Crippen LogP contribution in [0.1, 0.15) is 20.9 Å². The molecule has 134 valence electrons. The van der Waals surface area contributed by atoms with E-state index in [9.17, 15) is 14.4 Å². The van der Waals surface area contributed by atoms with Gasteiger partial charge in [-0.1, -0.05) is 12.1 Å². The predicted octanol–water partition coefficient (Wildman–Crippen LogP) is 3.15. The van der Waals surface area contributed by atoms with Crippen molar-refractivity contribution in [3.05, 3.63) is 76.1 Å². The lowest BCUT2D eigenvalue weighted by atomic mass is 10.2. The van der Waals surface area contributed by atoms with Crippen molar-refractivity contribution in [2.75, 3.05) is 12.4 Å². The molecular weight excluding hydrogens is 348 g/mol. The quantitative estimate of drug-likeness (QED) is 0.583. The smallest absolute Gasteiger partial charge is 0.302 e. The van der Waals surface area contributed by atoms with Crippen LogP contribution in [-0.2, 0) is 0 Å². The van der Waals surface area contributed by atoms with Crippen molar-refractivity contribution in [3.63, 3.8) is 0 Å². The van der Waals surface area contributed by atoms with Crippen molar-refractivity contribution in [2.45, 2.75) is 0 Å². The molecule has 0 unspecified atom stereocenters. The number of rotatable bonds is 3. The van der Waals surface area contributed by atoms with E-state index in [0.29, 0.717) is 22.2 Å². The largest absolute Gasteiger partial charge is 0.425 e. The molecule has 0 radical (unpaired) electrons. The van der Waals surface area contributed by atoms with Crippen LogP contribution in [0.5, 0.6) is 0 Å². The fourth-order valence-corrected chi connectivity index (χ4v) is 2.75. The molecule has 0 aliphatic heterocycles. The molecule has 4 aromatic rings. The number of carbonyl (C=O) groups excluding carboxylic acids is 2. The van der Waals surface area contributed by atoms with E-state index < -0.39 is 5.91 Å². The molecule has 0 saturated carbocycles. The minimum atomic E-state index is -0.530. The van der Waals surface area contributed by atoms with E-state index in [1.165, 1.54) is 6.07 Å². The molecule has 0 spiro atoms. The summed E-state index contributed by atoms with van der Waals surface area (Å²) in [5.41, 5.74) is 1.09. The van der Waals surface area contributed by atoms with Gasteiger partial charge >= 0.3 is 5.78 Å². The molecule has 7 nitrogen and oxygen atoms in total. The molecule has 0 atom stereocenters. The van der Waals surface area contributed by atoms with Gasteiger partial charge in [0.2, 0.25) is 5.43 Å². The zero-order valence-corrected chi connectivity index (χ0v) is 14.2. The maximum Gasteiger partial charge on any atom is 0.302 e. The molecule has 2 aromatic carbocycles. The number of nitrogens with one attached hydrogen (secondary N) is 2. The van der Waals surface area contributed by atoms with Gasteiger partial charge in [-0.05, 0) is 36.4 Å². The van der Waals surface area contributed by atoms with Crippen molar-refractivity contribution in [3.8, 4) is 0 Å². The summed E-state index contributed by atoms with van der Waals surface area (Å²) >= 11 is 0. The average Bonchev–Trinajstić information content (AvgIpc) is 3.13. The Hall–Kier alpha value is -3.87. The molecule has 0 aliphatic carbocycles. The summed E-state index contributed by atoms with van der Waals surface area (Å²) in [6, 6.07) is 14.5. The van der Waals surface area contributed by atoms with E-state index in [4.69, 9.17) is 8.83 Å². The second-order valence-corrected chi connectivity index (χ2v) is 5.85. The Kier molecular flexibility index (Phi) is 3.97. The third kappa shape index (κ3) is 2.95. The lowest BCUT2D eigenvalue weighted by Crippen LogP contribution is -2.17. The number of furan rings is 1. The third-order valence-corrected chi connectivity index (χ3v) is 4.13. The first-order chi connectivity index (χ1) is 13.1. The van der Waals surface area contributed by atoms with E-state index in [0.717, 1.165) is 0 Å². The van der Waals surface area contributed by atoms with Crippen LogP contribution in [0.2, 0.25) is 0 Å². The number of anilines is 1. The average molecular weight is 362 g/mol. The molecule has 2 heterocycles. The van der Waals surface area contributed by atoms with E-state index >= 15 is 0 Å². The first kappa shape index (κ1) is 16.6. The van der Waals surface area contributed by atoms with Crippen LogP contribution in [0.15, 0.2) is 68.2 Å². The highest BCUT2D eigenvalue weighted by Crippen LogP contribution is 2.22. The minimum Gasteiger partial charge on any atom is -0.425 e. The lowest BCUT2D eigenvalue weighted by Gasteiger charge is -2.04. The predicted molar refractivity (Wildman–Crippen MR) is 100 cm³/mol. The summed E-state index contributed by atoms with van der Waals surface area (Å²) in [5, 5.41) is 5.80. The second-order valence-electron chi connectivity index (χ2n) is 5.85. The third-order valence-electron chi connectivity index (χ3n) is 4.13. The van der Waals surface area contributed by atoms with Crippen molar-refractivity contribution in [2.24, 2.45) is 0 Å². The highest BCUT2D eigenvalue weighted by atomic mass is 16.5. The van der Waals surface area contributed by atoms with Crippen molar-refractivity contribution >= 4 is 39.6 Å². The maximum absolute atomic E-state index is 12.5. The van der Waals surface area contributed by atoms with Gasteiger partial charge in [0.1, 0.15) is 11.0 Å². The summed E-state index contributed by atoms with van der Waals surface area (Å²) in [7, 11) is 1.54. The number of hydrogen-bond donors (Lipinski definition) is 2. The van der Waals surface area contributed by atoms with E-state index in [2.05, 4.69) is 10.6 Å². The van der Waals surface area contributed by atoms with Gasteiger partial charge in [-0.2, -0.15) is 0 Å². The van der Waals surface area contributed by atoms with Crippen LogP contribution in [0, 0.1) is 0 Å². The van der Waals surface area contributed by atoms with Crippen LogP contribution < -0.4 is 16.1 Å². The fourth-order valence-electron chi connectivity index (χ4n) is 2.75. The number of para-hydroxylation sites is 1. The zero-order valence-electron chi connectivity index (χ0n) is 14.2. The summed E-state index contributed by atoms with van der Waals surface area (Å²) in [5.74, 6) is -0.797. The Bertz CT molecular complexity index is 1230. The minimum absolute atomic E-state index is 0.00110. The second kappa shape index (κ2) is 6.45. The first-order valence-electron chi connectivity index (χ1n) is 8.15. The summed E-state index contributed by atoms with van der Waals surface area (Å²) in [6.45, 7) is 0. The monoisotopic (exact) mass is 362 g/mol. The van der Waals surface area contributed by atoms with Crippen LogP contribution in [-0.4, -0.2) is 18.9 Å². The van der Waals surface area contributed by atoms with Gasteiger partial charge in [0, 0.05) is 24.4 Å². The summed E-state index contributed by atoms with van der Waals surface area (Å²) in [4.78, 5) is 36.5. The summed E-state index contributed by atoms with van der Waals surface area (Å²) < 4.78 is 11.0. The molecule has 0 fully saturated rings. The molecule has 7 heteroatoms. The standard InChI is InChI=1S/C20H14N2O5/c1-21-18(24)11-6-8-12(9-7-11)22-19(25)16-10-14-17(23)13-4-2-3-5-15(13)26-20(14)27-16/h2-10H,1H3,(H,21,24)(H,22,25). The van der Waals surface area contributed by atoms with Crippen LogP contribution >= 0.6 is 0 Å². The van der Waals surface area contributed by atoms with Crippen LogP contribution in [0.4, 0.5) is 5.69 Å². The molecule has 0 saturated heterocycles. The van der Waals surface area contributed by atoms with E-state index in [1.54, 1.807) is 55.6 Å². The van der Waals surface area contributed by atoms with Gasteiger partial charge in [-0.15, -0.1) is 0 Å². The van der Waals surface area contributed by atoms with Gasteiger partial charge in [0.15, 0.2) is 5.76 Å². The zero-order chi connectivity index (χ0) is 19.0. The fraction of sp³-hybridized carbons (Fsp3) is 0.0500. The Morgan fingerprint density at radius 2 is 1.63 bits per heavy atom. The van der Waals surface area contributed by atoms with Crippen molar-refractivity contribution in [1.82, 2.24) is 5.32 Å². The molecule has 0 bridgehead atoms. The summed E-state index contributed by atoms with van der Waals surface area (Å²) in [6.07, 6.45) is 0. The van der Waals surface area contributed by atoms with E-state index in [1.807, 2.05) is 0 Å².